The Labute approximate surface area is 90.8 Å². The first kappa shape index (κ1) is 10.7. The zero-order chi connectivity index (χ0) is 10.8. The molecule has 2 aliphatic rings. The fourth-order valence-corrected chi connectivity index (χ4v) is 2.49. The van der Waals surface area contributed by atoms with Crippen LogP contribution in [0.25, 0.3) is 0 Å². The molecular formula is C11H20N2O2. The first-order valence-corrected chi connectivity index (χ1v) is 5.81. The van der Waals surface area contributed by atoms with Gasteiger partial charge < -0.3 is 15.4 Å². The summed E-state index contributed by atoms with van der Waals surface area (Å²) < 4.78 is 4.74. The third-order valence-corrected chi connectivity index (χ3v) is 3.60. The molecule has 2 atom stereocenters. The molecule has 1 aliphatic carbocycles. The van der Waals surface area contributed by atoms with Crippen LogP contribution in [-0.2, 0) is 4.74 Å². The van der Waals surface area contributed by atoms with E-state index in [4.69, 9.17) is 10.5 Å². The van der Waals surface area contributed by atoms with E-state index < -0.39 is 0 Å². The molecule has 2 unspecified atom stereocenters. The van der Waals surface area contributed by atoms with Crippen molar-refractivity contribution >= 4 is 6.09 Å². The van der Waals surface area contributed by atoms with Crippen LogP contribution in [-0.4, -0.2) is 37.2 Å². The zero-order valence-electron chi connectivity index (χ0n) is 9.32. The van der Waals surface area contributed by atoms with Gasteiger partial charge in [0.25, 0.3) is 0 Å². The Hall–Kier alpha value is -0.770. The second kappa shape index (κ2) is 4.39. The molecule has 1 amide bonds. The minimum Gasteiger partial charge on any atom is -0.453 e. The summed E-state index contributed by atoms with van der Waals surface area (Å²) in [6, 6.07) is 0.289. The van der Waals surface area contributed by atoms with E-state index in [9.17, 15) is 4.79 Å². The highest BCUT2D eigenvalue weighted by Gasteiger charge is 2.36. The van der Waals surface area contributed by atoms with Crippen molar-refractivity contribution in [3.8, 4) is 0 Å². The second-order valence-corrected chi connectivity index (χ2v) is 4.73. The van der Waals surface area contributed by atoms with Crippen LogP contribution in [0, 0.1) is 11.8 Å². The first-order chi connectivity index (χ1) is 7.22. The third-order valence-electron chi connectivity index (χ3n) is 3.60. The lowest BCUT2D eigenvalue weighted by Gasteiger charge is -2.34. The third kappa shape index (κ3) is 2.43. The summed E-state index contributed by atoms with van der Waals surface area (Å²) in [6.45, 7) is 1.60. The molecule has 2 fully saturated rings. The van der Waals surface area contributed by atoms with Crippen molar-refractivity contribution in [1.82, 2.24) is 4.90 Å². The fourth-order valence-electron chi connectivity index (χ4n) is 2.49. The molecule has 0 spiro atoms. The molecule has 1 saturated carbocycles. The summed E-state index contributed by atoms with van der Waals surface area (Å²) in [5.41, 5.74) is 6.18. The topological polar surface area (TPSA) is 55.6 Å². The van der Waals surface area contributed by atoms with E-state index in [1.54, 1.807) is 4.90 Å². The highest BCUT2D eigenvalue weighted by molar-refractivity contribution is 5.67. The Morgan fingerprint density at radius 1 is 1.40 bits per heavy atom. The van der Waals surface area contributed by atoms with Crippen LogP contribution in [0.1, 0.15) is 25.7 Å². The van der Waals surface area contributed by atoms with Gasteiger partial charge in [0.05, 0.1) is 7.11 Å². The Morgan fingerprint density at radius 2 is 2.13 bits per heavy atom. The van der Waals surface area contributed by atoms with E-state index in [0.717, 1.165) is 25.9 Å². The normalized spacial score (nSPS) is 28.7. The lowest BCUT2D eigenvalue weighted by molar-refractivity contribution is 0.0958. The molecule has 2 N–H and O–H groups in total. The number of carbonyl (C=O) groups excluding carboxylic acids is 1. The van der Waals surface area contributed by atoms with E-state index in [1.165, 1.54) is 20.0 Å². The number of carbonyl (C=O) groups is 1. The molecule has 0 aromatic rings. The summed E-state index contributed by atoms with van der Waals surface area (Å²) in [6.07, 6.45) is 4.56. The maximum absolute atomic E-state index is 11.4. The predicted octanol–water partition coefficient (Wildman–Crippen LogP) is 1.20. The van der Waals surface area contributed by atoms with Crippen molar-refractivity contribution < 1.29 is 9.53 Å². The monoisotopic (exact) mass is 212 g/mol. The molecule has 1 aliphatic heterocycles. The van der Waals surface area contributed by atoms with Crippen molar-refractivity contribution in [3.63, 3.8) is 0 Å². The van der Waals surface area contributed by atoms with Gasteiger partial charge in [-0.3, -0.25) is 0 Å². The standard InChI is InChI=1S/C11H20N2O2/c1-15-11(14)13-6-2-3-9(7-13)10(12)8-4-5-8/h8-10H,2-7,12H2,1H3. The van der Waals surface area contributed by atoms with Gasteiger partial charge in [-0.15, -0.1) is 0 Å². The van der Waals surface area contributed by atoms with Gasteiger partial charge in [0.1, 0.15) is 0 Å². The molecule has 0 bridgehead atoms. The van der Waals surface area contributed by atoms with Crippen LogP contribution >= 0.6 is 0 Å². The van der Waals surface area contributed by atoms with Gasteiger partial charge in [0.15, 0.2) is 0 Å². The molecule has 15 heavy (non-hydrogen) atoms. The average Bonchev–Trinajstić information content (AvgIpc) is 3.11. The maximum atomic E-state index is 11.4. The number of hydrogen-bond donors (Lipinski definition) is 1. The number of nitrogens with zero attached hydrogens (tertiary/aromatic N) is 1. The summed E-state index contributed by atoms with van der Waals surface area (Å²) in [4.78, 5) is 13.2. The number of piperidine rings is 1. The van der Waals surface area contributed by atoms with Crippen LogP contribution in [0.2, 0.25) is 0 Å². The van der Waals surface area contributed by atoms with Crippen LogP contribution in [0.5, 0.6) is 0 Å². The molecule has 1 heterocycles. The van der Waals surface area contributed by atoms with Crippen LogP contribution in [0.15, 0.2) is 0 Å². The second-order valence-electron chi connectivity index (χ2n) is 4.73. The summed E-state index contributed by atoms with van der Waals surface area (Å²) in [5, 5.41) is 0. The largest absolute Gasteiger partial charge is 0.453 e. The molecule has 0 aromatic heterocycles. The Bertz CT molecular complexity index is 241. The minimum absolute atomic E-state index is 0.206. The minimum atomic E-state index is -0.206. The van der Waals surface area contributed by atoms with Crippen molar-refractivity contribution in [2.45, 2.75) is 31.7 Å². The Balaban J connectivity index is 1.88. The Morgan fingerprint density at radius 3 is 2.73 bits per heavy atom. The van der Waals surface area contributed by atoms with Gasteiger partial charge in [0.2, 0.25) is 0 Å². The zero-order valence-corrected chi connectivity index (χ0v) is 9.32. The van der Waals surface area contributed by atoms with E-state index in [2.05, 4.69) is 0 Å². The van der Waals surface area contributed by atoms with E-state index in [1.807, 2.05) is 0 Å². The average molecular weight is 212 g/mol. The van der Waals surface area contributed by atoms with E-state index >= 15 is 0 Å². The lowest BCUT2D eigenvalue weighted by Crippen LogP contribution is -2.46. The summed E-state index contributed by atoms with van der Waals surface area (Å²) in [5.74, 6) is 1.19. The van der Waals surface area contributed by atoms with Gasteiger partial charge in [-0.05, 0) is 37.5 Å². The van der Waals surface area contributed by atoms with Gasteiger partial charge in [-0.25, -0.2) is 4.79 Å². The molecular weight excluding hydrogens is 192 g/mol. The number of rotatable bonds is 2. The van der Waals surface area contributed by atoms with Gasteiger partial charge in [-0.2, -0.15) is 0 Å². The molecule has 2 rings (SSSR count). The van der Waals surface area contributed by atoms with E-state index in [0.29, 0.717) is 11.8 Å². The number of likely N-dealkylation sites (tertiary alicyclic amines) is 1. The number of hydrogen-bond acceptors (Lipinski definition) is 3. The van der Waals surface area contributed by atoms with Crippen LogP contribution in [0.4, 0.5) is 4.79 Å². The van der Waals surface area contributed by atoms with E-state index in [-0.39, 0.29) is 12.1 Å². The van der Waals surface area contributed by atoms with Gasteiger partial charge in [0, 0.05) is 19.1 Å². The summed E-state index contributed by atoms with van der Waals surface area (Å²) >= 11 is 0. The van der Waals surface area contributed by atoms with Gasteiger partial charge >= 0.3 is 6.09 Å². The molecule has 0 aromatic carbocycles. The highest BCUT2D eigenvalue weighted by atomic mass is 16.5. The quantitative estimate of drug-likeness (QED) is 0.748. The molecule has 4 nitrogen and oxygen atoms in total. The molecule has 4 heteroatoms. The smallest absolute Gasteiger partial charge is 0.409 e. The molecule has 86 valence electrons. The SMILES string of the molecule is COC(=O)N1CCCC(C(N)C2CC2)C1. The fraction of sp³-hybridized carbons (Fsp3) is 0.909. The van der Waals surface area contributed by atoms with Crippen molar-refractivity contribution in [1.29, 1.82) is 0 Å². The van der Waals surface area contributed by atoms with Crippen molar-refractivity contribution in [3.05, 3.63) is 0 Å². The van der Waals surface area contributed by atoms with Crippen LogP contribution < -0.4 is 5.73 Å². The van der Waals surface area contributed by atoms with Crippen molar-refractivity contribution in [2.75, 3.05) is 20.2 Å². The lowest BCUT2D eigenvalue weighted by atomic mass is 9.89. The Kier molecular flexibility index (Phi) is 3.14. The number of nitrogens with two attached hydrogens (primary N) is 1. The number of methoxy groups -OCH3 is 1. The summed E-state index contributed by atoms with van der Waals surface area (Å²) in [7, 11) is 1.44. The predicted molar refractivity (Wildman–Crippen MR) is 57.4 cm³/mol. The molecule has 1 saturated heterocycles. The van der Waals surface area contributed by atoms with Crippen molar-refractivity contribution in [2.24, 2.45) is 17.6 Å². The number of amides is 1. The van der Waals surface area contributed by atoms with Gasteiger partial charge in [-0.1, -0.05) is 0 Å². The molecule has 0 radical (unpaired) electrons. The van der Waals surface area contributed by atoms with Crippen LogP contribution in [0.3, 0.4) is 0 Å². The maximum Gasteiger partial charge on any atom is 0.409 e. The highest BCUT2D eigenvalue weighted by Crippen LogP contribution is 2.37. The first-order valence-electron chi connectivity index (χ1n) is 5.81. The number of ether oxygens (including phenoxy) is 1.